The van der Waals surface area contributed by atoms with E-state index in [9.17, 15) is 19.2 Å². The first-order valence-electron chi connectivity index (χ1n) is 10.8. The van der Waals surface area contributed by atoms with Crippen molar-refractivity contribution < 1.29 is 19.1 Å². The molecule has 0 fully saturated rings. The molecule has 2 aromatic heterocycles. The van der Waals surface area contributed by atoms with Crippen LogP contribution < -0.4 is 31.4 Å². The van der Waals surface area contributed by atoms with Crippen molar-refractivity contribution in [1.29, 1.82) is 0 Å². The molecule has 12 heteroatoms. The summed E-state index contributed by atoms with van der Waals surface area (Å²) in [5, 5.41) is 5.33. The quantitative estimate of drug-likeness (QED) is 0.376. The summed E-state index contributed by atoms with van der Waals surface area (Å²) in [6, 6.07) is 13.4. The van der Waals surface area contributed by atoms with E-state index in [1.165, 1.54) is 29.6 Å². The number of hydrogen-bond donors (Lipinski definition) is 2. The molecular formula is C24H24N6O6. The van der Waals surface area contributed by atoms with E-state index in [1.807, 2.05) is 0 Å². The van der Waals surface area contributed by atoms with E-state index < -0.39 is 29.6 Å². The Morgan fingerprint density at radius 1 is 0.944 bits per heavy atom. The van der Waals surface area contributed by atoms with Gasteiger partial charge in [0.05, 0.1) is 13.4 Å². The van der Waals surface area contributed by atoms with Crippen LogP contribution in [0, 0.1) is 0 Å². The van der Waals surface area contributed by atoms with Gasteiger partial charge in [-0.15, -0.1) is 0 Å². The van der Waals surface area contributed by atoms with Crippen molar-refractivity contribution in [3.8, 4) is 11.5 Å². The molecule has 0 saturated carbocycles. The molecule has 0 atom stereocenters. The largest absolute Gasteiger partial charge is 0.493 e. The highest BCUT2D eigenvalue weighted by Gasteiger charge is 2.17. The molecule has 2 heterocycles. The Bertz CT molecular complexity index is 1570. The predicted octanol–water partition coefficient (Wildman–Crippen LogP) is 1.10. The maximum Gasteiger partial charge on any atom is 0.332 e. The van der Waals surface area contributed by atoms with Crippen molar-refractivity contribution in [2.75, 3.05) is 24.4 Å². The summed E-state index contributed by atoms with van der Waals surface area (Å²) in [6.45, 7) is -0.740. The van der Waals surface area contributed by atoms with E-state index in [0.29, 0.717) is 22.9 Å². The molecule has 2 N–H and O–H groups in total. The fraction of sp³-hybridized carbons (Fsp3) is 0.208. The van der Waals surface area contributed by atoms with Gasteiger partial charge in [-0.25, -0.2) is 14.3 Å². The highest BCUT2D eigenvalue weighted by atomic mass is 16.5. The first-order chi connectivity index (χ1) is 17.3. The van der Waals surface area contributed by atoms with E-state index >= 15 is 0 Å². The Hall–Kier alpha value is -4.87. The lowest BCUT2D eigenvalue weighted by atomic mass is 10.2. The van der Waals surface area contributed by atoms with Gasteiger partial charge in [0.2, 0.25) is 5.91 Å². The van der Waals surface area contributed by atoms with Gasteiger partial charge in [0.1, 0.15) is 6.54 Å². The zero-order valence-electron chi connectivity index (χ0n) is 19.8. The van der Waals surface area contributed by atoms with Crippen LogP contribution >= 0.6 is 0 Å². The van der Waals surface area contributed by atoms with Gasteiger partial charge in [-0.2, -0.15) is 0 Å². The fourth-order valence-electron chi connectivity index (χ4n) is 3.63. The van der Waals surface area contributed by atoms with Crippen molar-refractivity contribution >= 4 is 34.4 Å². The number of carbonyl (C=O) groups excluding carboxylic acids is 2. The summed E-state index contributed by atoms with van der Waals surface area (Å²) in [5.41, 5.74) is -0.0234. The van der Waals surface area contributed by atoms with Crippen molar-refractivity contribution in [2.45, 2.75) is 6.54 Å². The number of fused-ring (bicyclic) bond motifs is 1. The maximum absolute atomic E-state index is 12.8. The Balaban J connectivity index is 1.42. The highest BCUT2D eigenvalue weighted by Crippen LogP contribution is 2.25. The number of amides is 2. The van der Waals surface area contributed by atoms with E-state index in [4.69, 9.17) is 9.47 Å². The number of hydrogen-bond acceptors (Lipinski definition) is 7. The zero-order chi connectivity index (χ0) is 25.8. The van der Waals surface area contributed by atoms with Crippen LogP contribution in [0.4, 0.5) is 11.4 Å². The number of para-hydroxylation sites is 2. The average molecular weight is 492 g/mol. The van der Waals surface area contributed by atoms with Crippen molar-refractivity contribution in [3.63, 3.8) is 0 Å². The molecule has 0 unspecified atom stereocenters. The van der Waals surface area contributed by atoms with Crippen LogP contribution in [0.2, 0.25) is 0 Å². The molecule has 0 aliphatic heterocycles. The van der Waals surface area contributed by atoms with Crippen LogP contribution in [-0.4, -0.2) is 44.2 Å². The number of ether oxygens (including phenoxy) is 2. The molecule has 0 saturated heterocycles. The highest BCUT2D eigenvalue weighted by molar-refractivity contribution is 5.94. The number of imidazole rings is 1. The molecule has 2 amide bonds. The standard InChI is InChI=1S/C24H24N6O6/c1-28-14-25-22-21(28)23(33)30(24(34)29(22)2)12-19(31)26-15-7-6-8-16(11-15)27-20(32)13-36-18-10-5-4-9-17(18)35-3/h4-11,14H,12-13H2,1-3H3,(H,26,31)(H,27,32). The van der Waals surface area contributed by atoms with Gasteiger partial charge in [0.15, 0.2) is 29.3 Å². The van der Waals surface area contributed by atoms with Gasteiger partial charge < -0.3 is 24.7 Å². The number of anilines is 2. The second-order valence-corrected chi connectivity index (χ2v) is 7.88. The number of rotatable bonds is 8. The van der Waals surface area contributed by atoms with E-state index in [0.717, 1.165) is 4.57 Å². The minimum absolute atomic E-state index is 0.213. The summed E-state index contributed by atoms with van der Waals surface area (Å²) in [7, 11) is 4.62. The summed E-state index contributed by atoms with van der Waals surface area (Å²) < 4.78 is 14.3. The minimum Gasteiger partial charge on any atom is -0.493 e. The average Bonchev–Trinajstić information content (AvgIpc) is 3.26. The number of carbonyl (C=O) groups is 2. The lowest BCUT2D eigenvalue weighted by molar-refractivity contribution is -0.118. The molecule has 0 aliphatic carbocycles. The molecule has 4 aromatic rings. The Labute approximate surface area is 204 Å². The molecule has 0 radical (unpaired) electrons. The first-order valence-corrected chi connectivity index (χ1v) is 10.8. The number of nitrogens with one attached hydrogen (secondary N) is 2. The van der Waals surface area contributed by atoms with Gasteiger partial charge >= 0.3 is 5.69 Å². The molecular weight excluding hydrogens is 468 g/mol. The summed E-state index contributed by atoms with van der Waals surface area (Å²) in [4.78, 5) is 54.4. The third-order valence-electron chi connectivity index (χ3n) is 5.36. The molecule has 0 spiro atoms. The van der Waals surface area contributed by atoms with Gasteiger partial charge in [-0.3, -0.25) is 19.0 Å². The monoisotopic (exact) mass is 492 g/mol. The molecule has 2 aromatic carbocycles. The normalized spacial score (nSPS) is 10.8. The molecule has 4 rings (SSSR count). The summed E-state index contributed by atoms with van der Waals surface area (Å²) in [5.74, 6) is -0.0593. The van der Waals surface area contributed by atoms with Crippen LogP contribution in [0.15, 0.2) is 64.4 Å². The van der Waals surface area contributed by atoms with Crippen molar-refractivity contribution in [1.82, 2.24) is 18.7 Å². The van der Waals surface area contributed by atoms with Crippen molar-refractivity contribution in [3.05, 3.63) is 75.7 Å². The lowest BCUT2D eigenvalue weighted by Crippen LogP contribution is -2.42. The molecule has 36 heavy (non-hydrogen) atoms. The number of aryl methyl sites for hydroxylation is 2. The van der Waals surface area contributed by atoms with Crippen LogP contribution in [0.3, 0.4) is 0 Å². The maximum atomic E-state index is 12.8. The van der Waals surface area contributed by atoms with Crippen molar-refractivity contribution in [2.24, 2.45) is 14.1 Å². The number of nitrogens with zero attached hydrogens (tertiary/aromatic N) is 4. The lowest BCUT2D eigenvalue weighted by Gasteiger charge is -2.12. The number of aromatic nitrogens is 4. The number of methoxy groups -OCH3 is 1. The van der Waals surface area contributed by atoms with E-state index in [2.05, 4.69) is 15.6 Å². The fourth-order valence-corrected chi connectivity index (χ4v) is 3.63. The smallest absolute Gasteiger partial charge is 0.332 e. The number of benzene rings is 2. The van der Waals surface area contributed by atoms with Gasteiger partial charge in [0.25, 0.3) is 11.5 Å². The van der Waals surface area contributed by atoms with Crippen LogP contribution in [0.25, 0.3) is 11.2 Å². The zero-order valence-corrected chi connectivity index (χ0v) is 19.8. The molecule has 0 bridgehead atoms. The summed E-state index contributed by atoms with van der Waals surface area (Å²) in [6.07, 6.45) is 1.43. The second kappa shape index (κ2) is 10.2. The molecule has 186 valence electrons. The van der Waals surface area contributed by atoms with Gasteiger partial charge in [-0.1, -0.05) is 18.2 Å². The van der Waals surface area contributed by atoms with Gasteiger partial charge in [-0.05, 0) is 30.3 Å². The van der Waals surface area contributed by atoms with Gasteiger partial charge in [0, 0.05) is 25.5 Å². The van der Waals surface area contributed by atoms with Crippen LogP contribution in [-0.2, 0) is 30.2 Å². The molecule has 0 aliphatic rings. The minimum atomic E-state index is -0.655. The van der Waals surface area contributed by atoms with E-state index in [1.54, 1.807) is 55.6 Å². The Morgan fingerprint density at radius 3 is 2.31 bits per heavy atom. The predicted molar refractivity (Wildman–Crippen MR) is 132 cm³/mol. The third kappa shape index (κ3) is 4.97. The second-order valence-electron chi connectivity index (χ2n) is 7.88. The first kappa shape index (κ1) is 24.3. The summed E-state index contributed by atoms with van der Waals surface area (Å²) >= 11 is 0. The Kier molecular flexibility index (Phi) is 6.86. The van der Waals surface area contributed by atoms with E-state index in [-0.39, 0.29) is 17.8 Å². The molecule has 12 nitrogen and oxygen atoms in total. The SMILES string of the molecule is COc1ccccc1OCC(=O)Nc1cccc(NC(=O)Cn2c(=O)c3c(ncn3C)n(C)c2=O)c1. The third-order valence-corrected chi connectivity index (χ3v) is 5.36. The topological polar surface area (TPSA) is 138 Å². The van der Waals surface area contributed by atoms with Crippen LogP contribution in [0.1, 0.15) is 0 Å². The Morgan fingerprint density at radius 2 is 1.61 bits per heavy atom. The van der Waals surface area contributed by atoms with Crippen LogP contribution in [0.5, 0.6) is 11.5 Å².